The van der Waals surface area contributed by atoms with Crippen molar-refractivity contribution in [2.45, 2.75) is 13.3 Å². The lowest BCUT2D eigenvalue weighted by molar-refractivity contribution is 0.355. The quantitative estimate of drug-likeness (QED) is 0.263. The number of aromatic amines is 1. The van der Waals surface area contributed by atoms with Gasteiger partial charge in [0.05, 0.1) is 31.3 Å². The number of aryl methyl sites for hydroxylation is 1. The van der Waals surface area contributed by atoms with E-state index in [0.29, 0.717) is 11.7 Å². The molecule has 3 aromatic heterocycles. The van der Waals surface area contributed by atoms with Crippen molar-refractivity contribution in [2.24, 2.45) is 0 Å². The smallest absolute Gasteiger partial charge is 0.227 e. The standard InChI is InChI=1S/C28H25N7O2/c1-16-7-8-18(14-23(16)33-28-30-11-9-22(32-28)21-6-4-5-10-29-21)31-27-20-12-17-13-24(36-2)25(37-3)15-19(17)26(20)34-35-27/h4-11,13-15H,12H2,1-3H3,(H,30,32,33)(H2,31,34,35). The van der Waals surface area contributed by atoms with Gasteiger partial charge in [-0.15, -0.1) is 0 Å². The summed E-state index contributed by atoms with van der Waals surface area (Å²) < 4.78 is 11.0. The van der Waals surface area contributed by atoms with Gasteiger partial charge in [-0.05, 0) is 60.5 Å². The van der Waals surface area contributed by atoms with Crippen LogP contribution in [0.25, 0.3) is 22.6 Å². The summed E-state index contributed by atoms with van der Waals surface area (Å²) in [7, 11) is 3.29. The zero-order valence-electron chi connectivity index (χ0n) is 20.7. The van der Waals surface area contributed by atoms with Gasteiger partial charge < -0.3 is 20.1 Å². The summed E-state index contributed by atoms with van der Waals surface area (Å²) in [6, 6.07) is 17.7. The summed E-state index contributed by atoms with van der Waals surface area (Å²) in [5.74, 6) is 2.70. The maximum Gasteiger partial charge on any atom is 0.227 e. The van der Waals surface area contributed by atoms with Crippen LogP contribution in [0.5, 0.6) is 11.5 Å². The number of anilines is 4. The summed E-state index contributed by atoms with van der Waals surface area (Å²) in [6.07, 6.45) is 4.22. The van der Waals surface area contributed by atoms with Gasteiger partial charge in [0.25, 0.3) is 0 Å². The molecule has 5 aromatic rings. The molecule has 0 saturated heterocycles. The van der Waals surface area contributed by atoms with E-state index in [4.69, 9.17) is 9.47 Å². The van der Waals surface area contributed by atoms with Crippen LogP contribution in [-0.4, -0.2) is 39.4 Å². The van der Waals surface area contributed by atoms with E-state index in [9.17, 15) is 0 Å². The molecular weight excluding hydrogens is 466 g/mol. The van der Waals surface area contributed by atoms with Crippen molar-refractivity contribution in [3.8, 4) is 34.1 Å². The number of hydrogen-bond acceptors (Lipinski definition) is 8. The Bertz CT molecular complexity index is 1600. The van der Waals surface area contributed by atoms with Gasteiger partial charge in [0.1, 0.15) is 0 Å². The SMILES string of the molecule is COc1cc2c(cc1OC)-c1[nH]nc(Nc3ccc(C)c(Nc4nccc(-c5ccccn5)n4)c3)c1C2. The fraction of sp³-hybridized carbons (Fsp3) is 0.143. The van der Waals surface area contributed by atoms with E-state index >= 15 is 0 Å². The van der Waals surface area contributed by atoms with Crippen LogP contribution in [0.3, 0.4) is 0 Å². The molecule has 2 aromatic carbocycles. The van der Waals surface area contributed by atoms with E-state index in [1.807, 2.05) is 61.5 Å². The van der Waals surface area contributed by atoms with Crippen molar-refractivity contribution >= 4 is 23.1 Å². The van der Waals surface area contributed by atoms with Gasteiger partial charge in [0.2, 0.25) is 5.95 Å². The molecule has 0 amide bonds. The van der Waals surface area contributed by atoms with Crippen LogP contribution in [0.2, 0.25) is 0 Å². The Balaban J connectivity index is 1.25. The number of ether oxygens (including phenoxy) is 2. The third kappa shape index (κ3) is 4.20. The second-order valence-corrected chi connectivity index (χ2v) is 8.73. The lowest BCUT2D eigenvalue weighted by Crippen LogP contribution is -2.01. The highest BCUT2D eigenvalue weighted by Crippen LogP contribution is 2.44. The molecule has 1 aliphatic rings. The van der Waals surface area contributed by atoms with Crippen LogP contribution < -0.4 is 20.1 Å². The number of methoxy groups -OCH3 is 2. The second-order valence-electron chi connectivity index (χ2n) is 8.73. The first-order chi connectivity index (χ1) is 18.1. The number of fused-ring (bicyclic) bond motifs is 3. The Morgan fingerprint density at radius 2 is 1.73 bits per heavy atom. The topological polar surface area (TPSA) is 110 Å². The molecule has 3 N–H and O–H groups in total. The van der Waals surface area contributed by atoms with Crippen LogP contribution in [0, 0.1) is 6.92 Å². The number of rotatable bonds is 7. The fourth-order valence-corrected chi connectivity index (χ4v) is 4.52. The van der Waals surface area contributed by atoms with E-state index in [1.165, 1.54) is 5.56 Å². The molecule has 37 heavy (non-hydrogen) atoms. The maximum atomic E-state index is 5.49. The summed E-state index contributed by atoms with van der Waals surface area (Å²) >= 11 is 0. The van der Waals surface area contributed by atoms with Gasteiger partial charge in [0.15, 0.2) is 17.3 Å². The van der Waals surface area contributed by atoms with Crippen molar-refractivity contribution in [1.29, 1.82) is 0 Å². The highest BCUT2D eigenvalue weighted by atomic mass is 16.5. The number of benzene rings is 2. The molecular formula is C28H25N7O2. The summed E-state index contributed by atoms with van der Waals surface area (Å²) in [5.41, 5.74) is 8.74. The van der Waals surface area contributed by atoms with Crippen molar-refractivity contribution in [3.05, 3.63) is 83.7 Å². The van der Waals surface area contributed by atoms with E-state index in [-0.39, 0.29) is 0 Å². The van der Waals surface area contributed by atoms with Gasteiger partial charge in [-0.2, -0.15) is 5.10 Å². The first-order valence-corrected chi connectivity index (χ1v) is 11.8. The molecule has 0 saturated carbocycles. The molecule has 0 unspecified atom stereocenters. The molecule has 0 spiro atoms. The molecule has 0 atom stereocenters. The number of hydrogen-bond donors (Lipinski definition) is 3. The molecule has 0 radical (unpaired) electrons. The molecule has 1 aliphatic carbocycles. The van der Waals surface area contributed by atoms with Crippen molar-refractivity contribution < 1.29 is 9.47 Å². The average Bonchev–Trinajstić information content (AvgIpc) is 3.49. The summed E-state index contributed by atoms with van der Waals surface area (Å²) in [6.45, 7) is 2.04. The third-order valence-corrected chi connectivity index (χ3v) is 6.44. The lowest BCUT2D eigenvalue weighted by Gasteiger charge is -2.12. The maximum absolute atomic E-state index is 5.49. The van der Waals surface area contributed by atoms with E-state index in [2.05, 4.69) is 35.8 Å². The highest BCUT2D eigenvalue weighted by molar-refractivity contribution is 5.82. The largest absolute Gasteiger partial charge is 0.493 e. The minimum absolute atomic E-state index is 0.502. The molecule has 184 valence electrons. The Labute approximate surface area is 213 Å². The second kappa shape index (κ2) is 9.27. The van der Waals surface area contributed by atoms with Crippen LogP contribution >= 0.6 is 0 Å². The first-order valence-electron chi connectivity index (χ1n) is 11.8. The molecule has 9 nitrogen and oxygen atoms in total. The number of aromatic nitrogens is 5. The fourth-order valence-electron chi connectivity index (χ4n) is 4.52. The van der Waals surface area contributed by atoms with Crippen LogP contribution in [0.15, 0.2) is 67.0 Å². The van der Waals surface area contributed by atoms with E-state index in [0.717, 1.165) is 63.1 Å². The normalized spacial score (nSPS) is 11.5. The molecule has 0 fully saturated rings. The van der Waals surface area contributed by atoms with Crippen molar-refractivity contribution in [3.63, 3.8) is 0 Å². The van der Waals surface area contributed by atoms with Crippen LogP contribution in [-0.2, 0) is 6.42 Å². The highest BCUT2D eigenvalue weighted by Gasteiger charge is 2.27. The van der Waals surface area contributed by atoms with Crippen LogP contribution in [0.1, 0.15) is 16.7 Å². The molecule has 9 heteroatoms. The predicted molar refractivity (Wildman–Crippen MR) is 143 cm³/mol. The first kappa shape index (κ1) is 22.5. The minimum atomic E-state index is 0.502. The van der Waals surface area contributed by atoms with Crippen molar-refractivity contribution in [1.82, 2.24) is 25.1 Å². The lowest BCUT2D eigenvalue weighted by atomic mass is 10.1. The number of pyridine rings is 1. The summed E-state index contributed by atoms with van der Waals surface area (Å²) in [4.78, 5) is 13.4. The Kier molecular flexibility index (Phi) is 5.65. The molecule has 6 rings (SSSR count). The third-order valence-electron chi connectivity index (χ3n) is 6.44. The predicted octanol–water partition coefficient (Wildman–Crippen LogP) is 5.65. The van der Waals surface area contributed by atoms with Gasteiger partial charge in [-0.1, -0.05) is 12.1 Å². The van der Waals surface area contributed by atoms with Gasteiger partial charge in [-0.3, -0.25) is 10.1 Å². The molecule has 3 heterocycles. The Morgan fingerprint density at radius 3 is 2.54 bits per heavy atom. The minimum Gasteiger partial charge on any atom is -0.493 e. The number of nitrogens with zero attached hydrogens (tertiary/aromatic N) is 4. The molecule has 0 bridgehead atoms. The van der Waals surface area contributed by atoms with E-state index in [1.54, 1.807) is 26.6 Å². The average molecular weight is 492 g/mol. The zero-order chi connectivity index (χ0) is 25.4. The van der Waals surface area contributed by atoms with Gasteiger partial charge >= 0.3 is 0 Å². The van der Waals surface area contributed by atoms with Gasteiger partial charge in [0, 0.05) is 41.3 Å². The Morgan fingerprint density at radius 1 is 0.865 bits per heavy atom. The number of nitrogens with one attached hydrogen (secondary N) is 3. The molecule has 0 aliphatic heterocycles. The monoisotopic (exact) mass is 491 g/mol. The summed E-state index contributed by atoms with van der Waals surface area (Å²) in [5, 5.41) is 14.6. The number of H-pyrrole nitrogens is 1. The van der Waals surface area contributed by atoms with E-state index < -0.39 is 0 Å². The Hall–Kier alpha value is -4.92. The van der Waals surface area contributed by atoms with Gasteiger partial charge in [-0.25, -0.2) is 9.97 Å². The van der Waals surface area contributed by atoms with Crippen molar-refractivity contribution in [2.75, 3.05) is 24.9 Å². The zero-order valence-corrected chi connectivity index (χ0v) is 20.7. The van der Waals surface area contributed by atoms with Crippen LogP contribution in [0.4, 0.5) is 23.1 Å².